The van der Waals surface area contributed by atoms with E-state index < -0.39 is 0 Å². The van der Waals surface area contributed by atoms with Gasteiger partial charge < -0.3 is 16.4 Å². The number of nitrogens with zero attached hydrogens (tertiary/aromatic N) is 1. The predicted molar refractivity (Wildman–Crippen MR) is 98.8 cm³/mol. The maximum absolute atomic E-state index is 12.4. The van der Waals surface area contributed by atoms with Crippen molar-refractivity contribution in [3.63, 3.8) is 0 Å². The maximum Gasteiger partial charge on any atom is 0.321 e. The van der Waals surface area contributed by atoms with Crippen molar-refractivity contribution in [2.24, 2.45) is 11.7 Å². The zero-order valence-corrected chi connectivity index (χ0v) is 15.1. The van der Waals surface area contributed by atoms with Crippen LogP contribution in [0.4, 0.5) is 10.5 Å². The Morgan fingerprint density at radius 2 is 2.17 bits per heavy atom. The molecule has 1 unspecified atom stereocenters. The molecule has 0 saturated carbocycles. The van der Waals surface area contributed by atoms with E-state index in [-0.39, 0.29) is 30.4 Å². The number of nitrogens with two attached hydrogens (primary N) is 1. The molecule has 1 aromatic rings. The Kier molecular flexibility index (Phi) is 8.01. The largest absolute Gasteiger partial charge is 0.348 e. The lowest BCUT2D eigenvalue weighted by atomic mass is 10.0. The molecule has 1 aliphatic rings. The number of urea groups is 1. The predicted octanol–water partition coefficient (Wildman–Crippen LogP) is 2.13. The number of halogens is 1. The van der Waals surface area contributed by atoms with Gasteiger partial charge in [0.2, 0.25) is 0 Å². The van der Waals surface area contributed by atoms with Gasteiger partial charge >= 0.3 is 6.03 Å². The van der Waals surface area contributed by atoms with Crippen molar-refractivity contribution in [3.8, 4) is 0 Å². The van der Waals surface area contributed by atoms with Crippen LogP contribution < -0.4 is 21.3 Å². The van der Waals surface area contributed by atoms with E-state index in [0.717, 1.165) is 18.5 Å². The summed E-state index contributed by atoms with van der Waals surface area (Å²) in [5, 5.41) is 5.78. The van der Waals surface area contributed by atoms with Crippen molar-refractivity contribution in [1.82, 2.24) is 10.6 Å². The SMILES string of the molecule is CC(C)CC(CN)NC(=O)c1cccc(N2CCCNC2=O)c1.Cl. The first-order chi connectivity index (χ1) is 11.0. The summed E-state index contributed by atoms with van der Waals surface area (Å²) in [6.45, 7) is 5.98. The summed E-state index contributed by atoms with van der Waals surface area (Å²) in [7, 11) is 0. The van der Waals surface area contributed by atoms with Crippen molar-refractivity contribution >= 4 is 30.0 Å². The highest BCUT2D eigenvalue weighted by molar-refractivity contribution is 5.98. The topological polar surface area (TPSA) is 87.5 Å². The van der Waals surface area contributed by atoms with Gasteiger partial charge in [0.15, 0.2) is 0 Å². The lowest BCUT2D eigenvalue weighted by Gasteiger charge is -2.27. The molecular weight excluding hydrogens is 328 g/mol. The quantitative estimate of drug-likeness (QED) is 0.731. The molecular formula is C17H27ClN4O2. The van der Waals surface area contributed by atoms with Gasteiger partial charge in [-0.05, 0) is 37.0 Å². The minimum atomic E-state index is -0.152. The third kappa shape index (κ3) is 5.39. The van der Waals surface area contributed by atoms with E-state index >= 15 is 0 Å². The molecule has 2 rings (SSSR count). The smallest absolute Gasteiger partial charge is 0.321 e. The van der Waals surface area contributed by atoms with E-state index in [1.807, 2.05) is 6.07 Å². The normalized spacial score (nSPS) is 15.5. The van der Waals surface area contributed by atoms with Crippen LogP contribution in [0.2, 0.25) is 0 Å². The Morgan fingerprint density at radius 3 is 2.79 bits per heavy atom. The zero-order valence-electron chi connectivity index (χ0n) is 14.2. The summed E-state index contributed by atoms with van der Waals surface area (Å²) in [5.74, 6) is 0.313. The van der Waals surface area contributed by atoms with Gasteiger partial charge in [-0.15, -0.1) is 12.4 Å². The van der Waals surface area contributed by atoms with Crippen LogP contribution in [0.15, 0.2) is 24.3 Å². The van der Waals surface area contributed by atoms with E-state index in [9.17, 15) is 9.59 Å². The third-order valence-corrected chi connectivity index (χ3v) is 3.88. The van der Waals surface area contributed by atoms with Crippen LogP contribution in [0.3, 0.4) is 0 Å². The van der Waals surface area contributed by atoms with Gasteiger partial charge in [0, 0.05) is 36.9 Å². The van der Waals surface area contributed by atoms with Crippen LogP contribution in [0.5, 0.6) is 0 Å². The average Bonchev–Trinajstić information content (AvgIpc) is 2.54. The standard InChI is InChI=1S/C17H26N4O2.ClH/c1-12(2)9-14(11-18)20-16(22)13-5-3-6-15(10-13)21-8-4-7-19-17(21)23;/h3,5-6,10,12,14H,4,7-9,11,18H2,1-2H3,(H,19,23)(H,20,22);1H. The van der Waals surface area contributed by atoms with Crippen LogP contribution in [0.1, 0.15) is 37.0 Å². The number of hydrogen-bond donors (Lipinski definition) is 3. The van der Waals surface area contributed by atoms with E-state index in [0.29, 0.717) is 31.1 Å². The molecule has 7 heteroatoms. The van der Waals surface area contributed by atoms with Crippen molar-refractivity contribution in [1.29, 1.82) is 0 Å². The van der Waals surface area contributed by atoms with Crippen molar-refractivity contribution in [2.75, 3.05) is 24.5 Å². The minimum absolute atomic E-state index is 0. The van der Waals surface area contributed by atoms with Gasteiger partial charge in [-0.2, -0.15) is 0 Å². The van der Waals surface area contributed by atoms with Crippen LogP contribution in [-0.2, 0) is 0 Å². The average molecular weight is 355 g/mol. The molecule has 1 aliphatic heterocycles. The molecule has 1 atom stereocenters. The molecule has 1 saturated heterocycles. The molecule has 1 fully saturated rings. The highest BCUT2D eigenvalue weighted by Gasteiger charge is 2.20. The Labute approximate surface area is 149 Å². The zero-order chi connectivity index (χ0) is 16.8. The number of carbonyl (C=O) groups excluding carboxylic acids is 2. The fourth-order valence-electron chi connectivity index (χ4n) is 2.74. The van der Waals surface area contributed by atoms with Gasteiger partial charge in [0.1, 0.15) is 0 Å². The molecule has 134 valence electrons. The molecule has 0 aliphatic carbocycles. The molecule has 0 aromatic heterocycles. The molecule has 0 spiro atoms. The molecule has 24 heavy (non-hydrogen) atoms. The summed E-state index contributed by atoms with van der Waals surface area (Å²) in [6.07, 6.45) is 1.74. The number of carbonyl (C=O) groups is 2. The van der Waals surface area contributed by atoms with Crippen molar-refractivity contribution < 1.29 is 9.59 Å². The summed E-state index contributed by atoms with van der Waals surface area (Å²) < 4.78 is 0. The summed E-state index contributed by atoms with van der Waals surface area (Å²) in [4.78, 5) is 26.0. The van der Waals surface area contributed by atoms with Crippen molar-refractivity contribution in [2.45, 2.75) is 32.7 Å². The van der Waals surface area contributed by atoms with Crippen LogP contribution >= 0.6 is 12.4 Å². The summed E-state index contributed by atoms with van der Waals surface area (Å²) in [5.41, 5.74) is 7.02. The lowest BCUT2D eigenvalue weighted by Crippen LogP contribution is -2.46. The summed E-state index contributed by atoms with van der Waals surface area (Å²) >= 11 is 0. The van der Waals surface area contributed by atoms with E-state index in [4.69, 9.17) is 5.73 Å². The van der Waals surface area contributed by atoms with Crippen LogP contribution in [-0.4, -0.2) is 37.6 Å². The monoisotopic (exact) mass is 354 g/mol. The van der Waals surface area contributed by atoms with Gasteiger partial charge in [-0.25, -0.2) is 4.79 Å². The Bertz CT molecular complexity index is 565. The number of anilines is 1. The van der Waals surface area contributed by atoms with Gasteiger partial charge in [-0.1, -0.05) is 19.9 Å². The third-order valence-electron chi connectivity index (χ3n) is 3.88. The second-order valence-electron chi connectivity index (χ2n) is 6.32. The first-order valence-corrected chi connectivity index (χ1v) is 8.17. The fourth-order valence-corrected chi connectivity index (χ4v) is 2.74. The van der Waals surface area contributed by atoms with Crippen LogP contribution in [0.25, 0.3) is 0 Å². The highest BCUT2D eigenvalue weighted by Crippen LogP contribution is 2.18. The lowest BCUT2D eigenvalue weighted by molar-refractivity contribution is 0.0933. The number of hydrogen-bond acceptors (Lipinski definition) is 3. The van der Waals surface area contributed by atoms with E-state index in [1.165, 1.54) is 0 Å². The van der Waals surface area contributed by atoms with Crippen molar-refractivity contribution in [3.05, 3.63) is 29.8 Å². The summed E-state index contributed by atoms with van der Waals surface area (Å²) in [6, 6.07) is 6.99. The first-order valence-electron chi connectivity index (χ1n) is 8.17. The molecule has 1 aromatic carbocycles. The first kappa shape index (κ1) is 20.3. The van der Waals surface area contributed by atoms with Gasteiger partial charge in [0.05, 0.1) is 0 Å². The molecule has 0 bridgehead atoms. The fraction of sp³-hybridized carbons (Fsp3) is 0.529. The number of rotatable bonds is 6. The minimum Gasteiger partial charge on any atom is -0.348 e. The second kappa shape index (κ2) is 9.49. The maximum atomic E-state index is 12.4. The van der Waals surface area contributed by atoms with E-state index in [2.05, 4.69) is 24.5 Å². The van der Waals surface area contributed by atoms with E-state index in [1.54, 1.807) is 23.1 Å². The molecule has 3 amide bonds. The number of amides is 3. The highest BCUT2D eigenvalue weighted by atomic mass is 35.5. The van der Waals surface area contributed by atoms with Gasteiger partial charge in [0.25, 0.3) is 5.91 Å². The second-order valence-corrected chi connectivity index (χ2v) is 6.32. The number of nitrogens with one attached hydrogen (secondary N) is 2. The Balaban J connectivity index is 0.00000288. The Morgan fingerprint density at radius 1 is 1.42 bits per heavy atom. The molecule has 6 nitrogen and oxygen atoms in total. The van der Waals surface area contributed by atoms with Crippen LogP contribution in [0, 0.1) is 5.92 Å². The van der Waals surface area contributed by atoms with Gasteiger partial charge in [-0.3, -0.25) is 9.69 Å². The number of benzene rings is 1. The Hall–Kier alpha value is -1.79. The molecule has 0 radical (unpaired) electrons. The molecule has 4 N–H and O–H groups in total. The molecule has 1 heterocycles.